The lowest BCUT2D eigenvalue weighted by Gasteiger charge is -2.11. The average molecular weight is 260 g/mol. The molecule has 0 amide bonds. The van der Waals surface area contributed by atoms with Crippen molar-refractivity contribution in [1.29, 1.82) is 0 Å². The van der Waals surface area contributed by atoms with E-state index in [1.54, 1.807) is 12.1 Å². The second-order valence-corrected chi connectivity index (χ2v) is 4.95. The zero-order valence-electron chi connectivity index (χ0n) is 9.95. The standard InChI is InChI=1S/C15H14ClNO/c16-13-5-2-6-14(17)15(13)18-12-8-7-10-3-1-4-11(10)9-12/h2,5-9H,1,3-4,17H2. The largest absolute Gasteiger partial charge is 0.454 e. The van der Waals surface area contributed by atoms with Crippen molar-refractivity contribution >= 4 is 17.3 Å². The number of rotatable bonds is 2. The Morgan fingerprint density at radius 2 is 1.89 bits per heavy atom. The van der Waals surface area contributed by atoms with Crippen molar-refractivity contribution in [3.05, 3.63) is 52.5 Å². The lowest BCUT2D eigenvalue weighted by Crippen LogP contribution is -1.93. The molecule has 0 heterocycles. The third-order valence-electron chi connectivity index (χ3n) is 3.29. The Balaban J connectivity index is 1.93. The van der Waals surface area contributed by atoms with Crippen LogP contribution in [0.4, 0.5) is 5.69 Å². The Kier molecular flexibility index (Phi) is 2.88. The molecule has 1 aliphatic rings. The Morgan fingerprint density at radius 3 is 2.72 bits per heavy atom. The predicted molar refractivity (Wildman–Crippen MR) is 74.4 cm³/mol. The van der Waals surface area contributed by atoms with Crippen LogP contribution in [0.3, 0.4) is 0 Å². The fourth-order valence-corrected chi connectivity index (χ4v) is 2.58. The van der Waals surface area contributed by atoms with Crippen molar-refractivity contribution in [2.45, 2.75) is 19.3 Å². The van der Waals surface area contributed by atoms with Crippen molar-refractivity contribution in [3.8, 4) is 11.5 Å². The number of nitrogens with two attached hydrogens (primary N) is 1. The molecule has 0 fully saturated rings. The van der Waals surface area contributed by atoms with Gasteiger partial charge < -0.3 is 10.5 Å². The highest BCUT2D eigenvalue weighted by Gasteiger charge is 2.13. The molecule has 0 saturated heterocycles. The van der Waals surface area contributed by atoms with E-state index in [4.69, 9.17) is 22.1 Å². The number of fused-ring (bicyclic) bond motifs is 1. The van der Waals surface area contributed by atoms with Gasteiger partial charge in [-0.15, -0.1) is 0 Å². The number of para-hydroxylation sites is 1. The lowest BCUT2D eigenvalue weighted by atomic mass is 10.1. The first-order chi connectivity index (χ1) is 8.74. The second-order valence-electron chi connectivity index (χ2n) is 4.54. The number of halogens is 1. The first kappa shape index (κ1) is 11.4. The minimum Gasteiger partial charge on any atom is -0.454 e. The number of aryl methyl sites for hydroxylation is 2. The molecule has 92 valence electrons. The van der Waals surface area contributed by atoms with Crippen molar-refractivity contribution in [1.82, 2.24) is 0 Å². The number of benzene rings is 2. The van der Waals surface area contributed by atoms with E-state index in [0.29, 0.717) is 16.5 Å². The zero-order chi connectivity index (χ0) is 12.5. The van der Waals surface area contributed by atoms with E-state index in [-0.39, 0.29) is 0 Å². The molecule has 0 bridgehead atoms. The summed E-state index contributed by atoms with van der Waals surface area (Å²) in [5, 5.41) is 0.537. The van der Waals surface area contributed by atoms with Crippen LogP contribution in [0.2, 0.25) is 5.02 Å². The molecule has 18 heavy (non-hydrogen) atoms. The third kappa shape index (κ3) is 2.04. The molecule has 2 N–H and O–H groups in total. The Morgan fingerprint density at radius 1 is 1.06 bits per heavy atom. The van der Waals surface area contributed by atoms with Crippen molar-refractivity contribution < 1.29 is 4.74 Å². The summed E-state index contributed by atoms with van der Waals surface area (Å²) >= 11 is 6.09. The highest BCUT2D eigenvalue weighted by atomic mass is 35.5. The maximum Gasteiger partial charge on any atom is 0.168 e. The monoisotopic (exact) mass is 259 g/mol. The van der Waals surface area contributed by atoms with Gasteiger partial charge >= 0.3 is 0 Å². The molecular weight excluding hydrogens is 246 g/mol. The van der Waals surface area contributed by atoms with E-state index in [9.17, 15) is 0 Å². The van der Waals surface area contributed by atoms with Gasteiger partial charge in [-0.2, -0.15) is 0 Å². The zero-order valence-corrected chi connectivity index (χ0v) is 10.7. The predicted octanol–water partition coefficient (Wildman–Crippen LogP) is 4.20. The summed E-state index contributed by atoms with van der Waals surface area (Å²) in [5.74, 6) is 1.34. The molecule has 3 heteroatoms. The SMILES string of the molecule is Nc1cccc(Cl)c1Oc1ccc2c(c1)CCC2. The van der Waals surface area contributed by atoms with Gasteiger partial charge in [-0.25, -0.2) is 0 Å². The maximum absolute atomic E-state index is 6.09. The number of nitrogen functional groups attached to an aromatic ring is 1. The first-order valence-electron chi connectivity index (χ1n) is 6.08. The topological polar surface area (TPSA) is 35.2 Å². The molecular formula is C15H14ClNO. The van der Waals surface area contributed by atoms with Gasteiger partial charge in [0.05, 0.1) is 10.7 Å². The molecule has 0 atom stereocenters. The van der Waals surface area contributed by atoms with E-state index in [1.165, 1.54) is 24.0 Å². The van der Waals surface area contributed by atoms with Crippen molar-refractivity contribution in [2.24, 2.45) is 0 Å². The number of ether oxygens (including phenoxy) is 1. The summed E-state index contributed by atoms with van der Waals surface area (Å²) < 4.78 is 5.81. The van der Waals surface area contributed by atoms with Gasteiger partial charge in [0.2, 0.25) is 0 Å². The van der Waals surface area contributed by atoms with Gasteiger partial charge in [0.15, 0.2) is 5.75 Å². The molecule has 2 aromatic carbocycles. The van der Waals surface area contributed by atoms with Gasteiger partial charge in [0, 0.05) is 0 Å². The van der Waals surface area contributed by atoms with Crippen LogP contribution in [-0.4, -0.2) is 0 Å². The Bertz CT molecular complexity index is 575. The van der Waals surface area contributed by atoms with Gasteiger partial charge in [-0.05, 0) is 54.7 Å². The van der Waals surface area contributed by atoms with E-state index < -0.39 is 0 Å². The van der Waals surface area contributed by atoms with Gasteiger partial charge in [0.1, 0.15) is 5.75 Å². The molecule has 0 radical (unpaired) electrons. The summed E-state index contributed by atoms with van der Waals surface area (Å²) in [6.45, 7) is 0. The van der Waals surface area contributed by atoms with E-state index in [1.807, 2.05) is 12.1 Å². The van der Waals surface area contributed by atoms with Crippen LogP contribution in [0.5, 0.6) is 11.5 Å². The van der Waals surface area contributed by atoms with E-state index >= 15 is 0 Å². The summed E-state index contributed by atoms with van der Waals surface area (Å²) in [6, 6.07) is 11.6. The van der Waals surface area contributed by atoms with E-state index in [2.05, 4.69) is 12.1 Å². The van der Waals surface area contributed by atoms with Gasteiger partial charge in [-0.3, -0.25) is 0 Å². The summed E-state index contributed by atoms with van der Waals surface area (Å²) in [7, 11) is 0. The third-order valence-corrected chi connectivity index (χ3v) is 3.58. The number of hydrogen-bond donors (Lipinski definition) is 1. The van der Waals surface area contributed by atoms with Crippen LogP contribution in [0, 0.1) is 0 Å². The molecule has 2 nitrogen and oxygen atoms in total. The fraction of sp³-hybridized carbons (Fsp3) is 0.200. The van der Waals surface area contributed by atoms with E-state index in [0.717, 1.165) is 12.2 Å². The Labute approximate surface area is 111 Å². The quantitative estimate of drug-likeness (QED) is 0.821. The average Bonchev–Trinajstić information content (AvgIpc) is 2.81. The normalized spacial score (nSPS) is 13.4. The van der Waals surface area contributed by atoms with Crippen molar-refractivity contribution in [3.63, 3.8) is 0 Å². The number of hydrogen-bond acceptors (Lipinski definition) is 2. The van der Waals surface area contributed by atoms with Crippen LogP contribution in [-0.2, 0) is 12.8 Å². The van der Waals surface area contributed by atoms with Crippen LogP contribution in [0.25, 0.3) is 0 Å². The smallest absolute Gasteiger partial charge is 0.168 e. The minimum absolute atomic E-state index is 0.537. The second kappa shape index (κ2) is 4.54. The molecule has 0 unspecified atom stereocenters. The van der Waals surface area contributed by atoms with Gasteiger partial charge in [0.25, 0.3) is 0 Å². The molecule has 2 aromatic rings. The molecule has 1 aliphatic carbocycles. The minimum atomic E-state index is 0.537. The highest BCUT2D eigenvalue weighted by Crippen LogP contribution is 2.36. The van der Waals surface area contributed by atoms with Crippen LogP contribution in [0.1, 0.15) is 17.5 Å². The molecule has 3 rings (SSSR count). The molecule has 0 aliphatic heterocycles. The molecule has 0 aromatic heterocycles. The van der Waals surface area contributed by atoms with Crippen molar-refractivity contribution in [2.75, 3.05) is 5.73 Å². The summed E-state index contributed by atoms with van der Waals surface area (Å²) in [4.78, 5) is 0. The van der Waals surface area contributed by atoms with Crippen LogP contribution in [0.15, 0.2) is 36.4 Å². The summed E-state index contributed by atoms with van der Waals surface area (Å²) in [5.41, 5.74) is 9.23. The highest BCUT2D eigenvalue weighted by molar-refractivity contribution is 6.32. The van der Waals surface area contributed by atoms with Crippen LogP contribution < -0.4 is 10.5 Å². The number of anilines is 1. The Hall–Kier alpha value is -1.67. The molecule has 0 spiro atoms. The maximum atomic E-state index is 6.09. The fourth-order valence-electron chi connectivity index (χ4n) is 2.36. The van der Waals surface area contributed by atoms with Crippen LogP contribution >= 0.6 is 11.6 Å². The first-order valence-corrected chi connectivity index (χ1v) is 6.45. The summed E-state index contributed by atoms with van der Waals surface area (Å²) in [6.07, 6.45) is 3.53. The van der Waals surface area contributed by atoms with Gasteiger partial charge in [-0.1, -0.05) is 23.7 Å². The lowest BCUT2D eigenvalue weighted by molar-refractivity contribution is 0.484. The molecule has 0 saturated carbocycles.